The molecule has 0 saturated carbocycles. The van der Waals surface area contributed by atoms with Crippen LogP contribution in [0.2, 0.25) is 0 Å². The number of imide groups is 1. The first-order valence-corrected chi connectivity index (χ1v) is 6.24. The van der Waals surface area contributed by atoms with Crippen molar-refractivity contribution in [3.05, 3.63) is 35.9 Å². The number of carbonyl (C=O) groups excluding carboxylic acids is 2. The average molecular weight is 277 g/mol. The summed E-state index contributed by atoms with van der Waals surface area (Å²) in [5, 5.41) is 11.8. The Balaban J connectivity index is 2.34. The zero-order valence-corrected chi connectivity index (χ0v) is 11.1. The van der Waals surface area contributed by atoms with Gasteiger partial charge < -0.3 is 16.8 Å². The third-order valence-electron chi connectivity index (χ3n) is 2.62. The highest BCUT2D eigenvalue weighted by atomic mass is 16.2. The molecule has 1 rings (SSSR count). The summed E-state index contributed by atoms with van der Waals surface area (Å²) in [6.45, 7) is 0.461. The molecule has 0 saturated heterocycles. The Labute approximate surface area is 117 Å². The number of benzene rings is 1. The van der Waals surface area contributed by atoms with E-state index in [1.54, 1.807) is 30.3 Å². The highest BCUT2D eigenvalue weighted by molar-refractivity contribution is 6.05. The normalized spacial score (nSPS) is 11.4. The molecule has 0 unspecified atom stereocenters. The monoisotopic (exact) mass is 277 g/mol. The van der Waals surface area contributed by atoms with Crippen molar-refractivity contribution in [2.45, 2.75) is 18.9 Å². The predicted octanol–water partition coefficient (Wildman–Crippen LogP) is -0.466. The Kier molecular flexibility index (Phi) is 6.18. The van der Waals surface area contributed by atoms with Crippen LogP contribution < -0.4 is 22.1 Å². The maximum atomic E-state index is 11.7. The van der Waals surface area contributed by atoms with Gasteiger partial charge in [0.2, 0.25) is 5.91 Å². The molecule has 7 heteroatoms. The van der Waals surface area contributed by atoms with E-state index in [1.807, 2.05) is 0 Å². The molecule has 1 aromatic rings. The molecule has 0 radical (unpaired) electrons. The van der Waals surface area contributed by atoms with Crippen LogP contribution in [-0.4, -0.2) is 30.4 Å². The number of hydrogen-bond donors (Lipinski definition) is 5. The molecular weight excluding hydrogens is 258 g/mol. The second-order valence-corrected chi connectivity index (χ2v) is 4.27. The Morgan fingerprint density at radius 3 is 2.50 bits per heavy atom. The summed E-state index contributed by atoms with van der Waals surface area (Å²) >= 11 is 0. The van der Waals surface area contributed by atoms with E-state index in [1.165, 1.54) is 0 Å². The van der Waals surface area contributed by atoms with Crippen LogP contribution in [0.15, 0.2) is 30.3 Å². The Morgan fingerprint density at radius 1 is 1.25 bits per heavy atom. The maximum Gasteiger partial charge on any atom is 0.257 e. The lowest BCUT2D eigenvalue weighted by Crippen LogP contribution is -2.43. The lowest BCUT2D eigenvalue weighted by molar-refractivity contribution is -0.121. The molecule has 1 aromatic carbocycles. The lowest BCUT2D eigenvalue weighted by atomic mass is 10.1. The maximum absolute atomic E-state index is 11.7. The third-order valence-corrected chi connectivity index (χ3v) is 2.62. The largest absolute Gasteiger partial charge is 0.370 e. The van der Waals surface area contributed by atoms with Gasteiger partial charge in [0, 0.05) is 12.1 Å². The molecule has 2 amide bonds. The van der Waals surface area contributed by atoms with Crippen LogP contribution in [0.1, 0.15) is 23.2 Å². The van der Waals surface area contributed by atoms with Gasteiger partial charge in [0.05, 0.1) is 6.04 Å². The van der Waals surface area contributed by atoms with E-state index < -0.39 is 17.9 Å². The van der Waals surface area contributed by atoms with Crippen molar-refractivity contribution in [3.8, 4) is 0 Å². The summed E-state index contributed by atoms with van der Waals surface area (Å²) in [7, 11) is 0. The van der Waals surface area contributed by atoms with Crippen LogP contribution in [0.3, 0.4) is 0 Å². The zero-order chi connectivity index (χ0) is 15.0. The van der Waals surface area contributed by atoms with Crippen LogP contribution in [0.5, 0.6) is 0 Å². The lowest BCUT2D eigenvalue weighted by Gasteiger charge is -2.11. The number of guanidine groups is 1. The van der Waals surface area contributed by atoms with Crippen LogP contribution in [0, 0.1) is 5.41 Å². The topological polar surface area (TPSA) is 134 Å². The van der Waals surface area contributed by atoms with E-state index in [2.05, 4.69) is 10.6 Å². The molecule has 108 valence electrons. The van der Waals surface area contributed by atoms with Crippen LogP contribution in [0.25, 0.3) is 0 Å². The summed E-state index contributed by atoms with van der Waals surface area (Å²) in [6, 6.07) is 7.68. The highest BCUT2D eigenvalue weighted by Gasteiger charge is 2.16. The van der Waals surface area contributed by atoms with Gasteiger partial charge >= 0.3 is 0 Å². The van der Waals surface area contributed by atoms with Gasteiger partial charge in [-0.15, -0.1) is 0 Å². The molecule has 0 aromatic heterocycles. The van der Waals surface area contributed by atoms with Gasteiger partial charge in [0.25, 0.3) is 5.91 Å². The number of rotatable bonds is 6. The van der Waals surface area contributed by atoms with Gasteiger partial charge in [0.1, 0.15) is 0 Å². The fourth-order valence-electron chi connectivity index (χ4n) is 1.54. The minimum absolute atomic E-state index is 0.123. The summed E-state index contributed by atoms with van der Waals surface area (Å²) in [5.74, 6) is -1.10. The Hall–Kier alpha value is -2.41. The van der Waals surface area contributed by atoms with Gasteiger partial charge in [-0.2, -0.15) is 0 Å². The molecule has 0 spiro atoms. The van der Waals surface area contributed by atoms with Crippen molar-refractivity contribution in [3.63, 3.8) is 0 Å². The Bertz CT molecular complexity index is 475. The molecule has 7 N–H and O–H groups in total. The van der Waals surface area contributed by atoms with Crippen molar-refractivity contribution >= 4 is 17.8 Å². The summed E-state index contributed by atoms with van der Waals surface area (Å²) in [5.41, 5.74) is 11.2. The molecule has 7 nitrogen and oxygen atoms in total. The first-order chi connectivity index (χ1) is 9.50. The first kappa shape index (κ1) is 15.6. The number of hydrogen-bond acceptors (Lipinski definition) is 4. The predicted molar refractivity (Wildman–Crippen MR) is 76.0 cm³/mol. The van der Waals surface area contributed by atoms with Gasteiger partial charge in [-0.05, 0) is 25.0 Å². The molecule has 0 bridgehead atoms. The molecular formula is C13H19N5O2. The molecule has 0 fully saturated rings. The van der Waals surface area contributed by atoms with Crippen molar-refractivity contribution in [2.24, 2.45) is 11.5 Å². The Morgan fingerprint density at radius 2 is 1.90 bits per heavy atom. The van der Waals surface area contributed by atoms with Crippen LogP contribution in [0.4, 0.5) is 0 Å². The molecule has 0 aliphatic carbocycles. The number of amides is 2. The van der Waals surface area contributed by atoms with Crippen molar-refractivity contribution in [2.75, 3.05) is 6.54 Å². The van der Waals surface area contributed by atoms with Gasteiger partial charge in [-0.3, -0.25) is 20.3 Å². The molecule has 0 heterocycles. The van der Waals surface area contributed by atoms with E-state index in [0.717, 1.165) is 0 Å². The van der Waals surface area contributed by atoms with E-state index in [4.69, 9.17) is 16.9 Å². The van der Waals surface area contributed by atoms with Crippen LogP contribution in [-0.2, 0) is 4.79 Å². The number of nitrogens with one attached hydrogen (secondary N) is 3. The van der Waals surface area contributed by atoms with Gasteiger partial charge in [-0.25, -0.2) is 0 Å². The fraction of sp³-hybridized carbons (Fsp3) is 0.308. The minimum Gasteiger partial charge on any atom is -0.370 e. The molecule has 1 atom stereocenters. The fourth-order valence-corrected chi connectivity index (χ4v) is 1.54. The summed E-state index contributed by atoms with van der Waals surface area (Å²) < 4.78 is 0. The van der Waals surface area contributed by atoms with E-state index in [-0.39, 0.29) is 5.96 Å². The van der Waals surface area contributed by atoms with Crippen molar-refractivity contribution < 1.29 is 9.59 Å². The quantitative estimate of drug-likeness (QED) is 0.272. The molecule has 0 aliphatic rings. The van der Waals surface area contributed by atoms with Crippen LogP contribution >= 0.6 is 0 Å². The summed E-state index contributed by atoms with van der Waals surface area (Å²) in [6.07, 6.45) is 0.974. The zero-order valence-electron chi connectivity index (χ0n) is 11.1. The minimum atomic E-state index is -0.767. The average Bonchev–Trinajstić information content (AvgIpc) is 2.44. The van der Waals surface area contributed by atoms with Gasteiger partial charge in [-0.1, -0.05) is 18.2 Å². The van der Waals surface area contributed by atoms with Gasteiger partial charge in [0.15, 0.2) is 5.96 Å². The second-order valence-electron chi connectivity index (χ2n) is 4.27. The van der Waals surface area contributed by atoms with Crippen molar-refractivity contribution in [1.82, 2.24) is 10.6 Å². The summed E-state index contributed by atoms with van der Waals surface area (Å²) in [4.78, 5) is 23.4. The number of carbonyl (C=O) groups is 2. The number of nitrogens with two attached hydrogens (primary N) is 2. The standard InChI is InChI=1S/C13H19N5O2/c14-10(7-4-8-17-13(15)16)12(20)18-11(19)9-5-2-1-3-6-9/h1-3,5-6,10H,4,7-8,14H2,(H4,15,16,17)(H,18,19,20)/t10-/m0/s1. The smallest absolute Gasteiger partial charge is 0.257 e. The molecule has 20 heavy (non-hydrogen) atoms. The third kappa shape index (κ3) is 5.49. The SMILES string of the molecule is N=C(N)NCCC[C@H](N)C(=O)NC(=O)c1ccccc1. The first-order valence-electron chi connectivity index (χ1n) is 6.24. The van der Waals surface area contributed by atoms with E-state index >= 15 is 0 Å². The van der Waals surface area contributed by atoms with E-state index in [9.17, 15) is 9.59 Å². The molecule has 0 aliphatic heterocycles. The van der Waals surface area contributed by atoms with E-state index in [0.29, 0.717) is 24.9 Å². The van der Waals surface area contributed by atoms with Crippen molar-refractivity contribution in [1.29, 1.82) is 5.41 Å². The highest BCUT2D eigenvalue weighted by Crippen LogP contribution is 1.99. The second kappa shape index (κ2) is 7.90.